The largest absolute Gasteiger partial charge is 0.382 e. The summed E-state index contributed by atoms with van der Waals surface area (Å²) in [5.41, 5.74) is 1.23. The maximum absolute atomic E-state index is 3.48. The highest BCUT2D eigenvalue weighted by atomic mass is 14.9. The molecule has 0 heterocycles. The summed E-state index contributed by atoms with van der Waals surface area (Å²) in [7, 11) is 0. The fraction of sp³-hybridized carbons (Fsp3) is 0.455. The first-order valence-electron chi connectivity index (χ1n) is 4.68. The van der Waals surface area contributed by atoms with Crippen LogP contribution in [0.25, 0.3) is 0 Å². The average Bonchev–Trinajstić information content (AvgIpc) is 2.16. The summed E-state index contributed by atoms with van der Waals surface area (Å²) >= 11 is 0. The van der Waals surface area contributed by atoms with Crippen molar-refractivity contribution in [3.05, 3.63) is 30.3 Å². The molecule has 1 aromatic rings. The Morgan fingerprint density at radius 1 is 1.08 bits per heavy atom. The molecule has 0 aliphatic carbocycles. The fourth-order valence-electron chi connectivity index (χ4n) is 1.26. The lowest BCUT2D eigenvalue weighted by Crippen LogP contribution is -2.16. The highest BCUT2D eigenvalue weighted by molar-refractivity contribution is 5.43. The number of benzene rings is 1. The summed E-state index contributed by atoms with van der Waals surface area (Å²) in [5, 5.41) is 3.48. The molecule has 66 valence electrons. The van der Waals surface area contributed by atoms with Gasteiger partial charge in [-0.1, -0.05) is 32.0 Å². The smallest absolute Gasteiger partial charge is 0.0342 e. The van der Waals surface area contributed by atoms with Gasteiger partial charge < -0.3 is 5.32 Å². The van der Waals surface area contributed by atoms with Gasteiger partial charge in [-0.15, -0.1) is 0 Å². The van der Waals surface area contributed by atoms with Crippen LogP contribution in [0.1, 0.15) is 26.7 Å². The molecule has 0 atom stereocenters. The van der Waals surface area contributed by atoms with Gasteiger partial charge in [0.15, 0.2) is 0 Å². The Morgan fingerprint density at radius 3 is 2.17 bits per heavy atom. The molecule has 1 aromatic carbocycles. The van der Waals surface area contributed by atoms with E-state index >= 15 is 0 Å². The second kappa shape index (κ2) is 4.81. The van der Waals surface area contributed by atoms with Crippen LogP contribution in [0.3, 0.4) is 0 Å². The number of nitrogens with one attached hydrogen (secondary N) is 1. The highest BCUT2D eigenvalue weighted by Crippen LogP contribution is 2.10. The molecule has 1 nitrogen and oxygen atoms in total. The van der Waals surface area contributed by atoms with E-state index in [0.29, 0.717) is 6.04 Å². The standard InChI is InChI=1S/C11H17N/c1-3-10(4-2)12-11-8-6-5-7-9-11/h5-10,12H,3-4H2,1-2H3. The van der Waals surface area contributed by atoms with Crippen molar-refractivity contribution in [3.63, 3.8) is 0 Å². The normalized spacial score (nSPS) is 10.2. The van der Waals surface area contributed by atoms with Crippen molar-refractivity contribution in [1.29, 1.82) is 0 Å². The van der Waals surface area contributed by atoms with Crippen LogP contribution in [0.15, 0.2) is 30.3 Å². The van der Waals surface area contributed by atoms with Crippen molar-refractivity contribution < 1.29 is 0 Å². The first kappa shape index (κ1) is 9.11. The van der Waals surface area contributed by atoms with Crippen LogP contribution in [0.4, 0.5) is 5.69 Å². The summed E-state index contributed by atoms with van der Waals surface area (Å²) in [4.78, 5) is 0. The van der Waals surface area contributed by atoms with Crippen LogP contribution < -0.4 is 5.32 Å². The third kappa shape index (κ3) is 2.57. The topological polar surface area (TPSA) is 12.0 Å². The lowest BCUT2D eigenvalue weighted by Gasteiger charge is -2.15. The van der Waals surface area contributed by atoms with E-state index in [4.69, 9.17) is 0 Å². The Hall–Kier alpha value is -0.980. The first-order chi connectivity index (χ1) is 5.86. The fourth-order valence-corrected chi connectivity index (χ4v) is 1.26. The van der Waals surface area contributed by atoms with Crippen molar-refractivity contribution in [3.8, 4) is 0 Å². The van der Waals surface area contributed by atoms with E-state index in [-0.39, 0.29) is 0 Å². The summed E-state index contributed by atoms with van der Waals surface area (Å²) in [6.45, 7) is 4.42. The minimum atomic E-state index is 0.618. The Morgan fingerprint density at radius 2 is 1.67 bits per heavy atom. The zero-order chi connectivity index (χ0) is 8.81. The van der Waals surface area contributed by atoms with Gasteiger partial charge >= 0.3 is 0 Å². The Balaban J connectivity index is 2.51. The highest BCUT2D eigenvalue weighted by Gasteiger charge is 2.00. The average molecular weight is 163 g/mol. The molecule has 12 heavy (non-hydrogen) atoms. The molecule has 1 rings (SSSR count). The van der Waals surface area contributed by atoms with Crippen LogP contribution in [-0.4, -0.2) is 6.04 Å². The minimum absolute atomic E-state index is 0.618. The lowest BCUT2D eigenvalue weighted by atomic mass is 10.1. The Bertz CT molecular complexity index is 202. The van der Waals surface area contributed by atoms with Crippen molar-refractivity contribution in [2.45, 2.75) is 32.7 Å². The molecule has 0 radical (unpaired) electrons. The molecule has 0 bridgehead atoms. The number of rotatable bonds is 4. The van der Waals surface area contributed by atoms with Gasteiger partial charge in [-0.25, -0.2) is 0 Å². The summed E-state index contributed by atoms with van der Waals surface area (Å²) in [6, 6.07) is 11.0. The molecule has 0 aliphatic rings. The third-order valence-corrected chi connectivity index (χ3v) is 2.13. The summed E-state index contributed by atoms with van der Waals surface area (Å²) in [5.74, 6) is 0. The molecular weight excluding hydrogens is 146 g/mol. The van der Waals surface area contributed by atoms with Gasteiger partial charge in [0, 0.05) is 11.7 Å². The van der Waals surface area contributed by atoms with Gasteiger partial charge in [-0.3, -0.25) is 0 Å². The Labute approximate surface area is 74.8 Å². The van der Waals surface area contributed by atoms with Gasteiger partial charge in [0.2, 0.25) is 0 Å². The minimum Gasteiger partial charge on any atom is -0.382 e. The molecule has 0 fully saturated rings. The lowest BCUT2D eigenvalue weighted by molar-refractivity contribution is 0.672. The molecule has 0 saturated heterocycles. The van der Waals surface area contributed by atoms with E-state index in [1.165, 1.54) is 18.5 Å². The molecule has 0 unspecified atom stereocenters. The van der Waals surface area contributed by atoms with E-state index in [2.05, 4.69) is 43.4 Å². The third-order valence-electron chi connectivity index (χ3n) is 2.13. The predicted octanol–water partition coefficient (Wildman–Crippen LogP) is 3.29. The van der Waals surface area contributed by atoms with Gasteiger partial charge in [0.25, 0.3) is 0 Å². The van der Waals surface area contributed by atoms with Crippen molar-refractivity contribution >= 4 is 5.69 Å². The van der Waals surface area contributed by atoms with E-state index in [0.717, 1.165) is 0 Å². The second-order valence-corrected chi connectivity index (χ2v) is 3.02. The number of para-hydroxylation sites is 1. The molecule has 0 amide bonds. The van der Waals surface area contributed by atoms with Crippen molar-refractivity contribution in [1.82, 2.24) is 0 Å². The molecule has 0 saturated carbocycles. The zero-order valence-corrected chi connectivity index (χ0v) is 7.88. The number of hydrogen-bond donors (Lipinski definition) is 1. The number of anilines is 1. The monoisotopic (exact) mass is 163 g/mol. The molecular formula is C11H17N. The van der Waals surface area contributed by atoms with Crippen LogP contribution in [0, 0.1) is 0 Å². The van der Waals surface area contributed by atoms with E-state index in [1.54, 1.807) is 0 Å². The Kier molecular flexibility index (Phi) is 3.65. The van der Waals surface area contributed by atoms with Crippen LogP contribution in [-0.2, 0) is 0 Å². The van der Waals surface area contributed by atoms with E-state index in [1.807, 2.05) is 6.07 Å². The van der Waals surface area contributed by atoms with Crippen LogP contribution in [0.5, 0.6) is 0 Å². The second-order valence-electron chi connectivity index (χ2n) is 3.02. The zero-order valence-electron chi connectivity index (χ0n) is 7.88. The molecule has 0 spiro atoms. The van der Waals surface area contributed by atoms with E-state index in [9.17, 15) is 0 Å². The molecule has 0 aromatic heterocycles. The quantitative estimate of drug-likeness (QED) is 0.718. The maximum atomic E-state index is 3.48. The summed E-state index contributed by atoms with van der Waals surface area (Å²) < 4.78 is 0. The predicted molar refractivity (Wildman–Crippen MR) is 54.4 cm³/mol. The molecule has 1 heteroatoms. The molecule has 1 N–H and O–H groups in total. The molecule has 0 aliphatic heterocycles. The van der Waals surface area contributed by atoms with Crippen molar-refractivity contribution in [2.24, 2.45) is 0 Å². The van der Waals surface area contributed by atoms with Gasteiger partial charge in [-0.05, 0) is 25.0 Å². The number of hydrogen-bond acceptors (Lipinski definition) is 1. The SMILES string of the molecule is CCC(CC)Nc1ccccc1. The van der Waals surface area contributed by atoms with Gasteiger partial charge in [-0.2, -0.15) is 0 Å². The van der Waals surface area contributed by atoms with Crippen LogP contribution in [0.2, 0.25) is 0 Å². The van der Waals surface area contributed by atoms with E-state index < -0.39 is 0 Å². The van der Waals surface area contributed by atoms with Crippen LogP contribution >= 0.6 is 0 Å². The maximum Gasteiger partial charge on any atom is 0.0342 e. The van der Waals surface area contributed by atoms with Gasteiger partial charge in [0.1, 0.15) is 0 Å². The van der Waals surface area contributed by atoms with Crippen molar-refractivity contribution in [2.75, 3.05) is 5.32 Å². The summed E-state index contributed by atoms with van der Waals surface area (Å²) in [6.07, 6.45) is 2.37. The first-order valence-corrected chi connectivity index (χ1v) is 4.68. The van der Waals surface area contributed by atoms with Gasteiger partial charge in [0.05, 0.1) is 0 Å².